The minimum absolute atomic E-state index is 0.00769. The van der Waals surface area contributed by atoms with Gasteiger partial charge in [-0.25, -0.2) is 0 Å². The smallest absolute Gasteiger partial charge is 0.169 e. The largest absolute Gasteiger partial charge is 0.471 e. The minimum atomic E-state index is -0.00769. The molecule has 2 nitrogen and oxygen atoms in total. The highest BCUT2D eigenvalue weighted by Crippen LogP contribution is 2.28. The molecular weight excluding hydrogens is 270 g/mol. The average Bonchev–Trinajstić information content (AvgIpc) is 2.48. The van der Waals surface area contributed by atoms with Crippen LogP contribution in [0.4, 0.5) is 5.69 Å². The van der Waals surface area contributed by atoms with Crippen molar-refractivity contribution in [3.8, 4) is 5.75 Å². The van der Waals surface area contributed by atoms with Gasteiger partial charge < -0.3 is 9.64 Å². The molecule has 0 saturated carbocycles. The molecule has 0 N–H and O–H groups in total. The molecule has 0 amide bonds. The van der Waals surface area contributed by atoms with Crippen LogP contribution < -0.4 is 9.64 Å². The summed E-state index contributed by atoms with van der Waals surface area (Å²) in [5.74, 6) is 1.44. The maximum absolute atomic E-state index is 6.28. The lowest BCUT2D eigenvalue weighted by molar-refractivity contribution is 0.213. The third-order valence-corrected chi connectivity index (χ3v) is 3.95. The van der Waals surface area contributed by atoms with Crippen molar-refractivity contribution < 1.29 is 4.74 Å². The number of para-hydroxylation sites is 1. The highest BCUT2D eigenvalue weighted by atomic mass is 16.5. The van der Waals surface area contributed by atoms with Crippen molar-refractivity contribution in [1.29, 1.82) is 0 Å². The van der Waals surface area contributed by atoms with Crippen LogP contribution in [0, 0.1) is 6.92 Å². The summed E-state index contributed by atoms with van der Waals surface area (Å²) >= 11 is 0. The Morgan fingerprint density at radius 2 is 1.73 bits per heavy atom. The Hall–Kier alpha value is -1.96. The van der Waals surface area contributed by atoms with Gasteiger partial charge in [-0.05, 0) is 56.0 Å². The van der Waals surface area contributed by atoms with E-state index in [9.17, 15) is 0 Å². The van der Waals surface area contributed by atoms with Gasteiger partial charge in [-0.1, -0.05) is 44.2 Å². The zero-order chi connectivity index (χ0) is 16.1. The third kappa shape index (κ3) is 3.82. The molecule has 2 aromatic rings. The van der Waals surface area contributed by atoms with Gasteiger partial charge in [-0.3, -0.25) is 0 Å². The predicted molar refractivity (Wildman–Crippen MR) is 94.8 cm³/mol. The van der Waals surface area contributed by atoms with Crippen LogP contribution in [0.25, 0.3) is 0 Å². The van der Waals surface area contributed by atoms with E-state index in [1.165, 1.54) is 16.8 Å². The van der Waals surface area contributed by atoms with E-state index in [1.54, 1.807) is 0 Å². The highest BCUT2D eigenvalue weighted by Gasteiger charge is 2.16. The van der Waals surface area contributed by atoms with E-state index in [4.69, 9.17) is 4.74 Å². The molecule has 0 spiro atoms. The van der Waals surface area contributed by atoms with Crippen LogP contribution in [0.3, 0.4) is 0 Å². The Morgan fingerprint density at radius 1 is 1.00 bits per heavy atom. The van der Waals surface area contributed by atoms with Crippen molar-refractivity contribution in [3.05, 3.63) is 59.7 Å². The summed E-state index contributed by atoms with van der Waals surface area (Å²) < 4.78 is 6.28. The number of aryl methyl sites for hydroxylation is 1. The Bertz CT molecular complexity index is 606. The number of nitrogens with zero attached hydrogens (tertiary/aromatic N) is 1. The summed E-state index contributed by atoms with van der Waals surface area (Å²) in [4.78, 5) is 2.28. The Balaban J connectivity index is 2.21. The van der Waals surface area contributed by atoms with Crippen LogP contribution in [-0.4, -0.2) is 12.8 Å². The first-order valence-electron chi connectivity index (χ1n) is 8.11. The number of rotatable bonds is 6. The summed E-state index contributed by atoms with van der Waals surface area (Å²) in [6.07, 6.45) is -0.00769. The number of anilines is 1. The quantitative estimate of drug-likeness (QED) is 0.665. The molecule has 0 heterocycles. The number of ether oxygens (including phenoxy) is 1. The normalized spacial score (nSPS) is 12.3. The average molecular weight is 297 g/mol. The van der Waals surface area contributed by atoms with Gasteiger partial charge in [0.25, 0.3) is 0 Å². The van der Waals surface area contributed by atoms with Crippen molar-refractivity contribution in [2.75, 3.05) is 11.4 Å². The lowest BCUT2D eigenvalue weighted by Gasteiger charge is -2.31. The fourth-order valence-corrected chi connectivity index (χ4v) is 2.77. The van der Waals surface area contributed by atoms with Gasteiger partial charge >= 0.3 is 0 Å². The molecule has 1 atom stereocenters. The maximum atomic E-state index is 6.28. The van der Waals surface area contributed by atoms with E-state index in [2.05, 4.69) is 82.0 Å². The molecule has 0 aliphatic rings. The van der Waals surface area contributed by atoms with Gasteiger partial charge in [0.2, 0.25) is 0 Å². The molecule has 0 bridgehead atoms. The van der Waals surface area contributed by atoms with Gasteiger partial charge in [-0.15, -0.1) is 0 Å². The van der Waals surface area contributed by atoms with E-state index >= 15 is 0 Å². The van der Waals surface area contributed by atoms with Crippen LogP contribution in [0.1, 0.15) is 44.7 Å². The maximum Gasteiger partial charge on any atom is 0.169 e. The Morgan fingerprint density at radius 3 is 2.36 bits per heavy atom. The first-order valence-corrected chi connectivity index (χ1v) is 8.11. The first kappa shape index (κ1) is 16.4. The summed E-state index contributed by atoms with van der Waals surface area (Å²) in [6, 6.07) is 16.9. The molecule has 0 fully saturated rings. The topological polar surface area (TPSA) is 12.5 Å². The molecule has 0 aromatic heterocycles. The van der Waals surface area contributed by atoms with Gasteiger partial charge in [-0.2, -0.15) is 0 Å². The minimum Gasteiger partial charge on any atom is -0.471 e. The summed E-state index contributed by atoms with van der Waals surface area (Å²) in [6.45, 7) is 11.7. The lowest BCUT2D eigenvalue weighted by atomic mass is 10.0. The third-order valence-electron chi connectivity index (χ3n) is 3.95. The zero-order valence-corrected chi connectivity index (χ0v) is 14.3. The molecule has 0 aliphatic carbocycles. The van der Waals surface area contributed by atoms with Crippen molar-refractivity contribution in [1.82, 2.24) is 0 Å². The van der Waals surface area contributed by atoms with E-state index in [0.29, 0.717) is 5.92 Å². The standard InChI is InChI=1S/C20H27NO/c1-6-21(18-11-9-10-16(4)14-18)17(5)22-20-13-8-7-12-19(20)15(2)3/h7-15,17H,6H2,1-5H3. The second kappa shape index (κ2) is 7.35. The fourth-order valence-electron chi connectivity index (χ4n) is 2.77. The van der Waals surface area contributed by atoms with Crippen molar-refractivity contribution in [3.63, 3.8) is 0 Å². The van der Waals surface area contributed by atoms with Crippen LogP contribution in [0.15, 0.2) is 48.5 Å². The van der Waals surface area contributed by atoms with Crippen LogP contribution in [0.2, 0.25) is 0 Å². The molecule has 0 saturated heterocycles. The predicted octanol–water partition coefficient (Wildman–Crippen LogP) is 5.37. The fraction of sp³-hybridized carbons (Fsp3) is 0.400. The molecule has 2 heteroatoms. The van der Waals surface area contributed by atoms with Gasteiger partial charge in [0.15, 0.2) is 6.23 Å². The molecule has 2 rings (SSSR count). The number of hydrogen-bond acceptors (Lipinski definition) is 2. The van der Waals surface area contributed by atoms with Gasteiger partial charge in [0.05, 0.1) is 0 Å². The molecule has 22 heavy (non-hydrogen) atoms. The van der Waals surface area contributed by atoms with Crippen molar-refractivity contribution in [2.24, 2.45) is 0 Å². The zero-order valence-electron chi connectivity index (χ0n) is 14.3. The SMILES string of the molecule is CCN(c1cccc(C)c1)C(C)Oc1ccccc1C(C)C. The first-order chi connectivity index (χ1) is 10.5. The number of benzene rings is 2. The van der Waals surface area contributed by atoms with Crippen LogP contribution in [-0.2, 0) is 0 Å². The summed E-state index contributed by atoms with van der Waals surface area (Å²) in [7, 11) is 0. The molecule has 2 aromatic carbocycles. The number of hydrogen-bond donors (Lipinski definition) is 0. The molecule has 0 radical (unpaired) electrons. The van der Waals surface area contributed by atoms with Crippen molar-refractivity contribution in [2.45, 2.75) is 46.8 Å². The monoisotopic (exact) mass is 297 g/mol. The van der Waals surface area contributed by atoms with Crippen LogP contribution >= 0.6 is 0 Å². The molecular formula is C20H27NO. The van der Waals surface area contributed by atoms with Gasteiger partial charge in [0, 0.05) is 12.2 Å². The van der Waals surface area contributed by atoms with Crippen molar-refractivity contribution >= 4 is 5.69 Å². The highest BCUT2D eigenvalue weighted by molar-refractivity contribution is 5.49. The van der Waals surface area contributed by atoms with E-state index < -0.39 is 0 Å². The van der Waals surface area contributed by atoms with Crippen LogP contribution in [0.5, 0.6) is 5.75 Å². The van der Waals surface area contributed by atoms with E-state index in [-0.39, 0.29) is 6.23 Å². The second-order valence-corrected chi connectivity index (χ2v) is 6.03. The lowest BCUT2D eigenvalue weighted by Crippen LogP contribution is -2.37. The molecule has 1 unspecified atom stereocenters. The second-order valence-electron chi connectivity index (χ2n) is 6.03. The Kier molecular flexibility index (Phi) is 5.48. The van der Waals surface area contributed by atoms with E-state index in [1.807, 2.05) is 6.07 Å². The molecule has 118 valence electrons. The van der Waals surface area contributed by atoms with Gasteiger partial charge in [0.1, 0.15) is 5.75 Å². The Labute approximate surface area is 134 Å². The molecule has 0 aliphatic heterocycles. The summed E-state index contributed by atoms with van der Waals surface area (Å²) in [5, 5.41) is 0. The van der Waals surface area contributed by atoms with E-state index in [0.717, 1.165) is 12.3 Å². The summed E-state index contributed by atoms with van der Waals surface area (Å²) in [5.41, 5.74) is 3.73.